The molecule has 0 radical (unpaired) electrons. The van der Waals surface area contributed by atoms with Gasteiger partial charge in [0.1, 0.15) is 18.1 Å². The molecule has 1 heterocycles. The zero-order valence-corrected chi connectivity index (χ0v) is 28.9. The predicted molar refractivity (Wildman–Crippen MR) is 198 cm³/mol. The Balaban J connectivity index is 1.11. The molecule has 254 valence electrons. The van der Waals surface area contributed by atoms with Crippen molar-refractivity contribution in [2.75, 3.05) is 30.3 Å². The maximum Gasteiger partial charge on any atom is 0.232 e. The summed E-state index contributed by atoms with van der Waals surface area (Å²) in [6.07, 6.45) is 0.451. The Morgan fingerprint density at radius 3 is 2.06 bits per heavy atom. The zero-order chi connectivity index (χ0) is 34.4. The fourth-order valence-electron chi connectivity index (χ4n) is 6.06. The molecule has 0 fully saturated rings. The fourth-order valence-corrected chi connectivity index (χ4v) is 6.94. The number of benzene rings is 5. The topological polar surface area (TPSA) is 93.0 Å². The van der Waals surface area contributed by atoms with E-state index in [-0.39, 0.29) is 19.2 Å². The number of nitrogens with one attached hydrogen (secondary N) is 1. The second-order valence-corrected chi connectivity index (χ2v) is 14.4. The molecule has 0 spiro atoms. The summed E-state index contributed by atoms with van der Waals surface area (Å²) in [7, 11) is -3.54. The number of anilines is 1. The monoisotopic (exact) mass is 677 g/mol. The minimum Gasteiger partial charge on any atom is -0.492 e. The molecule has 0 unspecified atom stereocenters. The summed E-state index contributed by atoms with van der Waals surface area (Å²) in [5.41, 5.74) is 5.41. The first-order chi connectivity index (χ1) is 23.7. The Hall–Kier alpha value is -4.83. The number of aliphatic hydroxyl groups excluding tert-OH is 1. The van der Waals surface area contributed by atoms with Crippen LogP contribution < -0.4 is 19.1 Å². The van der Waals surface area contributed by atoms with Gasteiger partial charge in [0, 0.05) is 42.5 Å². The standard InChI is InChI=1S/C40H43N3O5S/c1-29(2)48-35-18-20-37-36-19-17-34(24-38(36)42(39(37)25-35)27-30-11-6-4-7-12-30)47-22-21-41-26-40(44)32-15-10-16-33(23-32)43(49(3,45)46)28-31-13-8-5-9-14-31/h4-20,23-25,29,40-41,44H,21-22,26-28H2,1-3H3/t40-/m0/s1. The van der Waals surface area contributed by atoms with Crippen LogP contribution in [0.3, 0.4) is 0 Å². The quantitative estimate of drug-likeness (QED) is 0.111. The SMILES string of the molecule is CC(C)Oc1ccc2c3ccc(OCCNC[C@H](O)c4cccc(N(Cc5ccccc5)S(C)(=O)=O)c4)cc3n(Cc3ccccc3)c2c1. The Morgan fingerprint density at radius 1 is 0.776 bits per heavy atom. The molecular weight excluding hydrogens is 635 g/mol. The Labute approximate surface area is 288 Å². The first kappa shape index (κ1) is 34.0. The number of aromatic nitrogens is 1. The van der Waals surface area contributed by atoms with E-state index >= 15 is 0 Å². The summed E-state index contributed by atoms with van der Waals surface area (Å²) in [5, 5.41) is 16.5. The molecule has 0 aliphatic rings. The van der Waals surface area contributed by atoms with Crippen molar-refractivity contribution >= 4 is 37.5 Å². The second-order valence-electron chi connectivity index (χ2n) is 12.5. The number of aliphatic hydroxyl groups is 1. The summed E-state index contributed by atoms with van der Waals surface area (Å²) in [5.74, 6) is 1.61. The van der Waals surface area contributed by atoms with Crippen LogP contribution in [-0.4, -0.2) is 50.1 Å². The molecule has 0 amide bonds. The first-order valence-corrected chi connectivity index (χ1v) is 18.4. The first-order valence-electron chi connectivity index (χ1n) is 16.6. The third-order valence-corrected chi connectivity index (χ3v) is 9.50. The third kappa shape index (κ3) is 8.43. The molecule has 0 saturated carbocycles. The minimum atomic E-state index is -3.54. The van der Waals surface area contributed by atoms with E-state index in [4.69, 9.17) is 9.47 Å². The number of hydrogen-bond acceptors (Lipinski definition) is 6. The van der Waals surface area contributed by atoms with E-state index < -0.39 is 16.1 Å². The van der Waals surface area contributed by atoms with E-state index in [1.165, 1.54) is 16.1 Å². The number of ether oxygens (including phenoxy) is 2. The van der Waals surface area contributed by atoms with Gasteiger partial charge >= 0.3 is 0 Å². The maximum absolute atomic E-state index is 12.7. The fraction of sp³-hybridized carbons (Fsp3) is 0.250. The number of nitrogens with zero attached hydrogens (tertiary/aromatic N) is 2. The lowest BCUT2D eigenvalue weighted by molar-refractivity contribution is 0.172. The molecule has 5 aromatic carbocycles. The van der Waals surface area contributed by atoms with E-state index in [9.17, 15) is 13.5 Å². The molecule has 1 aromatic heterocycles. The van der Waals surface area contributed by atoms with Crippen LogP contribution in [0.4, 0.5) is 5.69 Å². The molecule has 0 aliphatic carbocycles. The van der Waals surface area contributed by atoms with Crippen LogP contribution in [0.15, 0.2) is 121 Å². The summed E-state index contributed by atoms with van der Waals surface area (Å²) in [6.45, 7) is 6.19. The molecule has 0 aliphatic heterocycles. The molecule has 6 aromatic rings. The van der Waals surface area contributed by atoms with Gasteiger partial charge in [0.05, 0.1) is 41.7 Å². The van der Waals surface area contributed by atoms with E-state index in [2.05, 4.69) is 58.4 Å². The van der Waals surface area contributed by atoms with Gasteiger partial charge in [0.15, 0.2) is 0 Å². The summed E-state index contributed by atoms with van der Waals surface area (Å²) < 4.78 is 41.2. The van der Waals surface area contributed by atoms with Gasteiger partial charge in [0.25, 0.3) is 0 Å². The van der Waals surface area contributed by atoms with E-state index in [0.29, 0.717) is 30.9 Å². The highest BCUT2D eigenvalue weighted by atomic mass is 32.2. The summed E-state index contributed by atoms with van der Waals surface area (Å²) >= 11 is 0. The van der Waals surface area contributed by atoms with Crippen molar-refractivity contribution < 1.29 is 23.0 Å². The van der Waals surface area contributed by atoms with Gasteiger partial charge < -0.3 is 24.5 Å². The zero-order valence-electron chi connectivity index (χ0n) is 28.1. The van der Waals surface area contributed by atoms with Crippen molar-refractivity contribution in [1.29, 1.82) is 0 Å². The number of fused-ring (bicyclic) bond motifs is 3. The lowest BCUT2D eigenvalue weighted by Crippen LogP contribution is -2.29. The summed E-state index contributed by atoms with van der Waals surface area (Å²) in [4.78, 5) is 0. The van der Waals surface area contributed by atoms with Crippen molar-refractivity contribution in [3.8, 4) is 11.5 Å². The lowest BCUT2D eigenvalue weighted by Gasteiger charge is -2.24. The highest BCUT2D eigenvalue weighted by Crippen LogP contribution is 2.34. The number of hydrogen-bond donors (Lipinski definition) is 2. The molecule has 0 bridgehead atoms. The van der Waals surface area contributed by atoms with Gasteiger partial charge in [0.2, 0.25) is 10.0 Å². The van der Waals surface area contributed by atoms with Gasteiger partial charge in [-0.05, 0) is 66.9 Å². The van der Waals surface area contributed by atoms with Crippen LogP contribution in [0.25, 0.3) is 21.8 Å². The Bertz CT molecular complexity index is 2110. The van der Waals surface area contributed by atoms with Crippen LogP contribution in [0.5, 0.6) is 11.5 Å². The number of sulfonamides is 1. The lowest BCUT2D eigenvalue weighted by atomic mass is 10.1. The van der Waals surface area contributed by atoms with Crippen molar-refractivity contribution in [2.24, 2.45) is 0 Å². The van der Waals surface area contributed by atoms with Crippen LogP contribution in [-0.2, 0) is 23.1 Å². The maximum atomic E-state index is 12.7. The molecule has 9 heteroatoms. The van der Waals surface area contributed by atoms with Crippen molar-refractivity contribution in [3.63, 3.8) is 0 Å². The van der Waals surface area contributed by atoms with Gasteiger partial charge in [-0.1, -0.05) is 72.8 Å². The van der Waals surface area contributed by atoms with Gasteiger partial charge in [-0.3, -0.25) is 4.31 Å². The van der Waals surface area contributed by atoms with Crippen LogP contribution in [0.1, 0.15) is 36.6 Å². The highest BCUT2D eigenvalue weighted by Gasteiger charge is 2.20. The second kappa shape index (κ2) is 15.2. The van der Waals surface area contributed by atoms with E-state index in [1.54, 1.807) is 24.3 Å². The molecule has 8 nitrogen and oxygen atoms in total. The largest absolute Gasteiger partial charge is 0.492 e. The van der Waals surface area contributed by atoms with Crippen molar-refractivity contribution in [3.05, 3.63) is 138 Å². The van der Waals surface area contributed by atoms with Crippen molar-refractivity contribution in [2.45, 2.75) is 39.1 Å². The van der Waals surface area contributed by atoms with Crippen LogP contribution in [0, 0.1) is 0 Å². The average molecular weight is 678 g/mol. The summed E-state index contributed by atoms with van der Waals surface area (Å²) in [6, 6.07) is 39.4. The minimum absolute atomic E-state index is 0.0828. The molecule has 0 saturated heterocycles. The molecule has 49 heavy (non-hydrogen) atoms. The van der Waals surface area contributed by atoms with Crippen LogP contribution >= 0.6 is 0 Å². The Morgan fingerprint density at radius 2 is 1.41 bits per heavy atom. The van der Waals surface area contributed by atoms with Gasteiger partial charge in [-0.25, -0.2) is 8.42 Å². The average Bonchev–Trinajstić information content (AvgIpc) is 3.38. The third-order valence-electron chi connectivity index (χ3n) is 8.36. The predicted octanol–water partition coefficient (Wildman–Crippen LogP) is 7.30. The van der Waals surface area contributed by atoms with Crippen LogP contribution in [0.2, 0.25) is 0 Å². The normalized spacial score (nSPS) is 12.4. The highest BCUT2D eigenvalue weighted by molar-refractivity contribution is 7.92. The van der Waals surface area contributed by atoms with E-state index in [0.717, 1.165) is 38.9 Å². The van der Waals surface area contributed by atoms with Gasteiger partial charge in [-0.15, -0.1) is 0 Å². The molecular formula is C40H43N3O5S. The van der Waals surface area contributed by atoms with Crippen molar-refractivity contribution in [1.82, 2.24) is 9.88 Å². The smallest absolute Gasteiger partial charge is 0.232 e. The molecule has 2 N–H and O–H groups in total. The van der Waals surface area contributed by atoms with Gasteiger partial charge in [-0.2, -0.15) is 0 Å². The molecule has 6 rings (SSSR count). The Kier molecular flexibility index (Phi) is 10.5. The number of rotatable bonds is 15. The molecule has 1 atom stereocenters. The van der Waals surface area contributed by atoms with E-state index in [1.807, 2.05) is 62.4 Å².